The van der Waals surface area contributed by atoms with E-state index in [-0.39, 0.29) is 18.3 Å². The fraction of sp³-hybridized carbons (Fsp3) is 0.533. The van der Waals surface area contributed by atoms with Crippen LogP contribution in [0.15, 0.2) is 33.6 Å². The number of thioether (sulfide) groups is 1. The van der Waals surface area contributed by atoms with Crippen LogP contribution in [0.1, 0.15) is 19.8 Å². The highest BCUT2D eigenvalue weighted by Crippen LogP contribution is 2.27. The van der Waals surface area contributed by atoms with Crippen LogP contribution in [0.5, 0.6) is 0 Å². The van der Waals surface area contributed by atoms with Gasteiger partial charge in [0.1, 0.15) is 0 Å². The van der Waals surface area contributed by atoms with E-state index in [0.29, 0.717) is 18.3 Å². The average molecular weight is 394 g/mol. The zero-order chi connectivity index (χ0) is 14.4. The number of amides is 1. The molecule has 0 spiro atoms. The number of nitrogens with one attached hydrogen (secondary N) is 2. The third-order valence-electron chi connectivity index (χ3n) is 3.15. The van der Waals surface area contributed by atoms with Crippen molar-refractivity contribution in [1.29, 1.82) is 0 Å². The summed E-state index contributed by atoms with van der Waals surface area (Å²) in [4.78, 5) is 12.9. The Morgan fingerprint density at radius 3 is 2.67 bits per heavy atom. The Labute approximate surface area is 145 Å². The molecule has 1 unspecified atom stereocenters. The summed E-state index contributed by atoms with van der Waals surface area (Å²) < 4.78 is 1.09. The zero-order valence-electron chi connectivity index (χ0n) is 12.1. The van der Waals surface area contributed by atoms with Crippen molar-refractivity contribution in [3.05, 3.63) is 28.7 Å². The van der Waals surface area contributed by atoms with Gasteiger partial charge < -0.3 is 10.6 Å². The van der Waals surface area contributed by atoms with Gasteiger partial charge >= 0.3 is 0 Å². The number of hydrogen-bond donors (Lipinski definition) is 2. The van der Waals surface area contributed by atoms with Gasteiger partial charge in [0.15, 0.2) is 0 Å². The Morgan fingerprint density at radius 1 is 1.38 bits per heavy atom. The van der Waals surface area contributed by atoms with E-state index < -0.39 is 0 Å². The SMILES string of the molecule is CC(CNC(=O)CNCC1CC1)Sc1ccc(Br)cc1.Cl. The van der Waals surface area contributed by atoms with Crippen molar-refractivity contribution in [3.63, 3.8) is 0 Å². The summed E-state index contributed by atoms with van der Waals surface area (Å²) in [5.74, 6) is 0.906. The Kier molecular flexibility index (Phi) is 8.71. The van der Waals surface area contributed by atoms with E-state index in [4.69, 9.17) is 0 Å². The van der Waals surface area contributed by atoms with Gasteiger partial charge in [0.2, 0.25) is 5.91 Å². The molecule has 1 aliphatic rings. The minimum absolute atomic E-state index is 0. The Morgan fingerprint density at radius 2 is 2.05 bits per heavy atom. The Bertz CT molecular complexity index is 440. The van der Waals surface area contributed by atoms with E-state index in [2.05, 4.69) is 45.6 Å². The van der Waals surface area contributed by atoms with Gasteiger partial charge in [-0.25, -0.2) is 0 Å². The normalized spacial score (nSPS) is 15.1. The van der Waals surface area contributed by atoms with Crippen LogP contribution in [0, 0.1) is 5.92 Å². The van der Waals surface area contributed by atoms with Gasteiger partial charge in [-0.15, -0.1) is 24.2 Å². The van der Waals surface area contributed by atoms with E-state index in [0.717, 1.165) is 16.9 Å². The fourth-order valence-electron chi connectivity index (χ4n) is 1.82. The van der Waals surface area contributed by atoms with Gasteiger partial charge in [0.05, 0.1) is 6.54 Å². The Balaban J connectivity index is 0.00000220. The first kappa shape index (κ1) is 18.8. The second-order valence-corrected chi connectivity index (χ2v) is 7.69. The monoisotopic (exact) mass is 392 g/mol. The van der Waals surface area contributed by atoms with Crippen molar-refractivity contribution in [2.45, 2.75) is 29.9 Å². The van der Waals surface area contributed by atoms with Crippen molar-refractivity contribution in [1.82, 2.24) is 10.6 Å². The highest BCUT2D eigenvalue weighted by molar-refractivity contribution is 9.10. The number of hydrogen-bond acceptors (Lipinski definition) is 3. The second-order valence-electron chi connectivity index (χ2n) is 5.26. The van der Waals surface area contributed by atoms with Crippen molar-refractivity contribution in [2.24, 2.45) is 5.92 Å². The molecule has 0 bridgehead atoms. The maximum atomic E-state index is 11.7. The molecular formula is C15H22BrClN2OS. The molecule has 6 heteroatoms. The lowest BCUT2D eigenvalue weighted by molar-refractivity contribution is -0.120. The lowest BCUT2D eigenvalue weighted by Gasteiger charge is -2.13. The van der Waals surface area contributed by atoms with Crippen LogP contribution in [0.25, 0.3) is 0 Å². The molecule has 0 heterocycles. The van der Waals surface area contributed by atoms with Crippen molar-refractivity contribution in [2.75, 3.05) is 19.6 Å². The third kappa shape index (κ3) is 8.10. The first-order chi connectivity index (χ1) is 9.63. The average Bonchev–Trinajstić information content (AvgIpc) is 3.23. The van der Waals surface area contributed by atoms with Gasteiger partial charge in [0, 0.05) is 21.2 Å². The fourth-order valence-corrected chi connectivity index (χ4v) is 3.01. The van der Waals surface area contributed by atoms with Crippen LogP contribution in [-0.2, 0) is 4.79 Å². The number of rotatable bonds is 8. The summed E-state index contributed by atoms with van der Waals surface area (Å²) >= 11 is 5.20. The summed E-state index contributed by atoms with van der Waals surface area (Å²) in [6, 6.07) is 8.25. The van der Waals surface area contributed by atoms with Crippen LogP contribution in [-0.4, -0.2) is 30.8 Å². The summed E-state index contributed by atoms with van der Waals surface area (Å²) in [6.45, 7) is 4.25. The van der Waals surface area contributed by atoms with E-state index in [1.54, 1.807) is 11.8 Å². The molecular weight excluding hydrogens is 372 g/mol. The molecule has 1 aliphatic carbocycles. The van der Waals surface area contributed by atoms with Crippen LogP contribution < -0.4 is 10.6 Å². The molecule has 2 N–H and O–H groups in total. The molecule has 21 heavy (non-hydrogen) atoms. The molecule has 0 radical (unpaired) electrons. The molecule has 1 saturated carbocycles. The number of carbonyl (C=O) groups excluding carboxylic acids is 1. The summed E-state index contributed by atoms with van der Waals surface area (Å²) in [5, 5.41) is 6.54. The lowest BCUT2D eigenvalue weighted by atomic mass is 10.4. The molecule has 0 aromatic heterocycles. The molecule has 1 fully saturated rings. The molecule has 0 saturated heterocycles. The van der Waals surface area contributed by atoms with Crippen LogP contribution in [0.3, 0.4) is 0 Å². The van der Waals surface area contributed by atoms with Crippen molar-refractivity contribution in [3.8, 4) is 0 Å². The molecule has 1 aromatic carbocycles. The highest BCUT2D eigenvalue weighted by Gasteiger charge is 2.20. The summed E-state index contributed by atoms with van der Waals surface area (Å²) in [6.07, 6.45) is 2.63. The van der Waals surface area contributed by atoms with Crippen LogP contribution >= 0.6 is 40.1 Å². The first-order valence-electron chi connectivity index (χ1n) is 7.03. The van der Waals surface area contributed by atoms with E-state index in [1.807, 2.05) is 12.1 Å². The topological polar surface area (TPSA) is 41.1 Å². The number of halogens is 2. The number of carbonyl (C=O) groups is 1. The van der Waals surface area contributed by atoms with Crippen molar-refractivity contribution < 1.29 is 4.79 Å². The quantitative estimate of drug-likeness (QED) is 0.665. The van der Waals surface area contributed by atoms with Crippen LogP contribution in [0.4, 0.5) is 0 Å². The standard InChI is InChI=1S/C15H21BrN2OS.ClH/c1-11(20-14-6-4-13(16)5-7-14)8-18-15(19)10-17-9-12-2-3-12;/h4-7,11-12,17H,2-3,8-10H2,1H3,(H,18,19);1H. The number of benzene rings is 1. The molecule has 1 amide bonds. The van der Waals surface area contributed by atoms with E-state index in [9.17, 15) is 4.79 Å². The molecule has 2 rings (SSSR count). The third-order valence-corrected chi connectivity index (χ3v) is 4.80. The van der Waals surface area contributed by atoms with E-state index in [1.165, 1.54) is 17.7 Å². The summed E-state index contributed by atoms with van der Waals surface area (Å²) in [5.41, 5.74) is 0. The smallest absolute Gasteiger partial charge is 0.233 e. The highest BCUT2D eigenvalue weighted by atomic mass is 79.9. The Hall–Kier alpha value is -0.230. The van der Waals surface area contributed by atoms with Gasteiger partial charge in [-0.3, -0.25) is 4.79 Å². The van der Waals surface area contributed by atoms with Gasteiger partial charge in [-0.05, 0) is 49.6 Å². The second kappa shape index (κ2) is 9.72. The maximum Gasteiger partial charge on any atom is 0.233 e. The largest absolute Gasteiger partial charge is 0.354 e. The molecule has 0 aliphatic heterocycles. The predicted molar refractivity (Wildman–Crippen MR) is 95.3 cm³/mol. The first-order valence-corrected chi connectivity index (χ1v) is 8.70. The lowest BCUT2D eigenvalue weighted by Crippen LogP contribution is -2.37. The molecule has 1 aromatic rings. The molecule has 3 nitrogen and oxygen atoms in total. The van der Waals surface area contributed by atoms with Gasteiger partial charge in [-0.1, -0.05) is 22.9 Å². The minimum Gasteiger partial charge on any atom is -0.354 e. The van der Waals surface area contributed by atoms with Crippen LogP contribution in [0.2, 0.25) is 0 Å². The molecule has 118 valence electrons. The van der Waals surface area contributed by atoms with Gasteiger partial charge in [0.25, 0.3) is 0 Å². The molecule has 1 atom stereocenters. The predicted octanol–water partition coefficient (Wildman–Crippen LogP) is 3.47. The maximum absolute atomic E-state index is 11.7. The van der Waals surface area contributed by atoms with Crippen molar-refractivity contribution >= 4 is 46.0 Å². The van der Waals surface area contributed by atoms with Gasteiger partial charge in [-0.2, -0.15) is 0 Å². The van der Waals surface area contributed by atoms with E-state index >= 15 is 0 Å². The summed E-state index contributed by atoms with van der Waals surface area (Å²) in [7, 11) is 0. The minimum atomic E-state index is 0. The zero-order valence-corrected chi connectivity index (χ0v) is 15.3.